The molecule has 0 aromatic carbocycles. The molecule has 1 saturated heterocycles. The number of imidazole rings is 1. The molecular weight excluding hydrogens is 260 g/mol. The first-order valence-electron chi connectivity index (χ1n) is 6.61. The number of rotatable bonds is 2. The SMILES string of the molecule is Cc1cccn2c(CN3CCN[C@H](C)C3)cnc12.Cl. The lowest BCUT2D eigenvalue weighted by atomic mass is 10.2. The molecule has 3 heterocycles. The van der Waals surface area contributed by atoms with Gasteiger partial charge < -0.3 is 9.72 Å². The van der Waals surface area contributed by atoms with Crippen LogP contribution in [0.5, 0.6) is 0 Å². The van der Waals surface area contributed by atoms with Crippen LogP contribution in [-0.4, -0.2) is 40.0 Å². The molecule has 0 saturated carbocycles. The molecule has 5 heteroatoms. The number of hydrogen-bond donors (Lipinski definition) is 1. The van der Waals surface area contributed by atoms with Crippen LogP contribution in [-0.2, 0) is 6.54 Å². The summed E-state index contributed by atoms with van der Waals surface area (Å²) in [6.45, 7) is 8.64. The summed E-state index contributed by atoms with van der Waals surface area (Å²) in [5.74, 6) is 0. The van der Waals surface area contributed by atoms with Crippen molar-refractivity contribution in [1.82, 2.24) is 19.6 Å². The lowest BCUT2D eigenvalue weighted by Crippen LogP contribution is -2.48. The van der Waals surface area contributed by atoms with Gasteiger partial charge in [-0.2, -0.15) is 0 Å². The maximum atomic E-state index is 4.52. The zero-order valence-electron chi connectivity index (χ0n) is 11.5. The van der Waals surface area contributed by atoms with E-state index >= 15 is 0 Å². The lowest BCUT2D eigenvalue weighted by Gasteiger charge is -2.31. The normalized spacial score (nSPS) is 20.4. The van der Waals surface area contributed by atoms with Crippen LogP contribution in [0.2, 0.25) is 0 Å². The Morgan fingerprint density at radius 2 is 2.32 bits per heavy atom. The summed E-state index contributed by atoms with van der Waals surface area (Å²) in [5.41, 5.74) is 3.59. The highest BCUT2D eigenvalue weighted by atomic mass is 35.5. The van der Waals surface area contributed by atoms with Gasteiger partial charge in [-0.1, -0.05) is 6.07 Å². The van der Waals surface area contributed by atoms with E-state index in [9.17, 15) is 0 Å². The second-order valence-corrected chi connectivity index (χ2v) is 5.22. The van der Waals surface area contributed by atoms with E-state index in [0.29, 0.717) is 6.04 Å². The molecule has 1 atom stereocenters. The van der Waals surface area contributed by atoms with Gasteiger partial charge in [-0.25, -0.2) is 4.98 Å². The molecule has 1 N–H and O–H groups in total. The molecule has 1 fully saturated rings. The van der Waals surface area contributed by atoms with E-state index in [4.69, 9.17) is 0 Å². The van der Waals surface area contributed by atoms with Gasteiger partial charge in [0.2, 0.25) is 0 Å². The molecule has 104 valence electrons. The molecule has 1 aliphatic rings. The van der Waals surface area contributed by atoms with Crippen molar-refractivity contribution in [2.24, 2.45) is 0 Å². The van der Waals surface area contributed by atoms with Crippen LogP contribution in [0.3, 0.4) is 0 Å². The van der Waals surface area contributed by atoms with Gasteiger partial charge in [0.1, 0.15) is 5.65 Å². The average Bonchev–Trinajstić information content (AvgIpc) is 2.74. The third-order valence-electron chi connectivity index (χ3n) is 3.65. The van der Waals surface area contributed by atoms with Crippen molar-refractivity contribution < 1.29 is 0 Å². The number of pyridine rings is 1. The standard InChI is InChI=1S/C14H20N4.ClH/c1-11-4-3-6-18-13(8-16-14(11)18)10-17-7-5-15-12(2)9-17;/h3-4,6,8,12,15H,5,7,9-10H2,1-2H3;1H/t12-;/m1./s1. The molecule has 0 amide bonds. The van der Waals surface area contributed by atoms with Crippen LogP contribution in [0.25, 0.3) is 5.65 Å². The molecule has 0 bridgehead atoms. The molecule has 0 radical (unpaired) electrons. The fraction of sp³-hybridized carbons (Fsp3) is 0.500. The number of aromatic nitrogens is 2. The first-order chi connectivity index (χ1) is 8.74. The van der Waals surface area contributed by atoms with Gasteiger partial charge in [-0.05, 0) is 25.5 Å². The highest BCUT2D eigenvalue weighted by Gasteiger charge is 2.17. The van der Waals surface area contributed by atoms with E-state index in [2.05, 4.69) is 51.8 Å². The molecule has 0 unspecified atom stereocenters. The second kappa shape index (κ2) is 5.90. The maximum absolute atomic E-state index is 4.52. The number of hydrogen-bond acceptors (Lipinski definition) is 3. The highest BCUT2D eigenvalue weighted by molar-refractivity contribution is 5.85. The number of aryl methyl sites for hydroxylation is 1. The second-order valence-electron chi connectivity index (χ2n) is 5.22. The summed E-state index contributed by atoms with van der Waals surface area (Å²) in [5, 5.41) is 3.47. The Balaban J connectivity index is 0.00000133. The van der Waals surface area contributed by atoms with Crippen LogP contribution < -0.4 is 5.32 Å². The van der Waals surface area contributed by atoms with Gasteiger partial charge in [0, 0.05) is 38.4 Å². The monoisotopic (exact) mass is 280 g/mol. The van der Waals surface area contributed by atoms with Crippen molar-refractivity contribution in [2.75, 3.05) is 19.6 Å². The average molecular weight is 281 g/mol. The Hall–Kier alpha value is -1.10. The van der Waals surface area contributed by atoms with Crippen molar-refractivity contribution in [3.63, 3.8) is 0 Å². The van der Waals surface area contributed by atoms with Crippen LogP contribution in [0.15, 0.2) is 24.5 Å². The van der Waals surface area contributed by atoms with Crippen molar-refractivity contribution in [2.45, 2.75) is 26.4 Å². The van der Waals surface area contributed by atoms with Gasteiger partial charge >= 0.3 is 0 Å². The van der Waals surface area contributed by atoms with Gasteiger partial charge in [0.15, 0.2) is 0 Å². The fourth-order valence-corrected chi connectivity index (χ4v) is 2.70. The van der Waals surface area contributed by atoms with Crippen LogP contribution in [0.1, 0.15) is 18.2 Å². The number of fused-ring (bicyclic) bond motifs is 1. The van der Waals surface area contributed by atoms with Crippen molar-refractivity contribution in [3.8, 4) is 0 Å². The minimum atomic E-state index is 0. The van der Waals surface area contributed by atoms with E-state index in [1.54, 1.807) is 0 Å². The van der Waals surface area contributed by atoms with E-state index < -0.39 is 0 Å². The number of nitrogens with one attached hydrogen (secondary N) is 1. The predicted octanol–water partition coefficient (Wildman–Crippen LogP) is 1.86. The van der Waals surface area contributed by atoms with Crippen molar-refractivity contribution >= 4 is 18.1 Å². The molecule has 0 spiro atoms. The Morgan fingerprint density at radius 1 is 1.47 bits per heavy atom. The van der Waals surface area contributed by atoms with E-state index in [0.717, 1.165) is 31.8 Å². The lowest BCUT2D eigenvalue weighted by molar-refractivity contribution is 0.197. The zero-order chi connectivity index (χ0) is 12.5. The molecule has 2 aromatic rings. The quantitative estimate of drug-likeness (QED) is 0.911. The minimum absolute atomic E-state index is 0. The summed E-state index contributed by atoms with van der Waals surface area (Å²) in [7, 11) is 0. The summed E-state index contributed by atoms with van der Waals surface area (Å²) in [6.07, 6.45) is 4.12. The van der Waals surface area contributed by atoms with Gasteiger partial charge in [-0.3, -0.25) is 4.90 Å². The fourth-order valence-electron chi connectivity index (χ4n) is 2.70. The number of halogens is 1. The molecule has 0 aliphatic carbocycles. The minimum Gasteiger partial charge on any atom is -0.312 e. The number of piperazine rings is 1. The predicted molar refractivity (Wildman–Crippen MR) is 79.9 cm³/mol. The maximum Gasteiger partial charge on any atom is 0.139 e. The Labute approximate surface area is 120 Å². The Kier molecular flexibility index (Phi) is 4.45. The highest BCUT2D eigenvalue weighted by Crippen LogP contribution is 2.13. The van der Waals surface area contributed by atoms with E-state index in [1.165, 1.54) is 11.3 Å². The van der Waals surface area contributed by atoms with Gasteiger partial charge in [0.25, 0.3) is 0 Å². The van der Waals surface area contributed by atoms with Gasteiger partial charge in [0.05, 0.1) is 11.9 Å². The van der Waals surface area contributed by atoms with E-state index in [-0.39, 0.29) is 12.4 Å². The third-order valence-corrected chi connectivity index (χ3v) is 3.65. The Bertz CT molecular complexity index is 551. The van der Waals surface area contributed by atoms with Gasteiger partial charge in [-0.15, -0.1) is 12.4 Å². The summed E-state index contributed by atoms with van der Waals surface area (Å²) in [4.78, 5) is 7.02. The third kappa shape index (κ3) is 2.91. The molecule has 4 nitrogen and oxygen atoms in total. The molecule has 1 aliphatic heterocycles. The van der Waals surface area contributed by atoms with Crippen LogP contribution >= 0.6 is 12.4 Å². The summed E-state index contributed by atoms with van der Waals surface area (Å²) in [6, 6.07) is 4.78. The smallest absolute Gasteiger partial charge is 0.139 e. The summed E-state index contributed by atoms with van der Waals surface area (Å²) >= 11 is 0. The van der Waals surface area contributed by atoms with E-state index in [1.807, 2.05) is 6.20 Å². The zero-order valence-corrected chi connectivity index (χ0v) is 12.3. The molecule has 3 rings (SSSR count). The van der Waals surface area contributed by atoms with Crippen molar-refractivity contribution in [1.29, 1.82) is 0 Å². The first-order valence-corrected chi connectivity index (χ1v) is 6.61. The Morgan fingerprint density at radius 3 is 3.11 bits per heavy atom. The largest absolute Gasteiger partial charge is 0.312 e. The molecule has 19 heavy (non-hydrogen) atoms. The number of nitrogens with zero attached hydrogens (tertiary/aromatic N) is 3. The summed E-state index contributed by atoms with van der Waals surface area (Å²) < 4.78 is 2.21. The topological polar surface area (TPSA) is 32.6 Å². The van der Waals surface area contributed by atoms with Crippen LogP contribution in [0, 0.1) is 6.92 Å². The molecule has 2 aromatic heterocycles. The first kappa shape index (κ1) is 14.3. The van der Waals surface area contributed by atoms with Crippen molar-refractivity contribution in [3.05, 3.63) is 35.8 Å². The van der Waals surface area contributed by atoms with Crippen LogP contribution in [0.4, 0.5) is 0 Å². The molecular formula is C14H21ClN4.